The lowest BCUT2D eigenvalue weighted by atomic mass is 10.2. The van der Waals surface area contributed by atoms with E-state index in [0.29, 0.717) is 6.61 Å². The molecule has 5 heteroatoms. The molecule has 0 saturated heterocycles. The minimum absolute atomic E-state index is 0.00954. The number of carbonyl (C=O) groups excluding carboxylic acids is 1. The second-order valence-electron chi connectivity index (χ2n) is 3.54. The molecule has 0 bridgehead atoms. The van der Waals surface area contributed by atoms with E-state index in [4.69, 9.17) is 4.74 Å². The van der Waals surface area contributed by atoms with Crippen molar-refractivity contribution >= 4 is 24.5 Å². The number of aliphatic imine (C=N–C) groups is 1. The molecule has 0 aliphatic carbocycles. The van der Waals surface area contributed by atoms with Crippen molar-refractivity contribution < 1.29 is 9.53 Å². The number of thioether (sulfide) groups is 1. The van der Waals surface area contributed by atoms with E-state index < -0.39 is 0 Å². The summed E-state index contributed by atoms with van der Waals surface area (Å²) in [6, 6.07) is -0.360. The van der Waals surface area contributed by atoms with Crippen molar-refractivity contribution in [2.45, 2.75) is 13.0 Å². The van der Waals surface area contributed by atoms with Gasteiger partial charge in [-0.3, -0.25) is 4.90 Å². The highest BCUT2D eigenvalue weighted by Crippen LogP contribution is 2.28. The van der Waals surface area contributed by atoms with Crippen LogP contribution in [0.4, 0.5) is 4.79 Å². The van der Waals surface area contributed by atoms with Gasteiger partial charge >= 0.3 is 6.03 Å². The summed E-state index contributed by atoms with van der Waals surface area (Å²) in [5, 5.41) is 1.93. The van der Waals surface area contributed by atoms with Crippen LogP contribution in [0.15, 0.2) is 28.2 Å². The Morgan fingerprint density at radius 2 is 2.50 bits per heavy atom. The molecule has 16 heavy (non-hydrogen) atoms. The largest absolute Gasteiger partial charge is 0.383 e. The number of ether oxygens (including phenoxy) is 1. The number of nitrogens with zero attached hydrogens (tertiary/aromatic N) is 2. The normalized spacial score (nSPS) is 20.2. The van der Waals surface area contributed by atoms with E-state index in [1.807, 2.05) is 12.3 Å². The Hall–Kier alpha value is -1.07. The second-order valence-corrected chi connectivity index (χ2v) is 4.44. The maximum absolute atomic E-state index is 11.7. The highest BCUT2D eigenvalue weighted by molar-refractivity contribution is 8.02. The predicted molar refractivity (Wildman–Crippen MR) is 67.8 cm³/mol. The van der Waals surface area contributed by atoms with Crippen LogP contribution in [0.25, 0.3) is 0 Å². The molecule has 2 amide bonds. The molecular formula is C11H16N2O2S. The van der Waals surface area contributed by atoms with Crippen molar-refractivity contribution in [3.63, 3.8) is 0 Å². The lowest BCUT2D eigenvalue weighted by molar-refractivity contribution is 0.132. The van der Waals surface area contributed by atoms with Gasteiger partial charge in [-0.25, -0.2) is 9.79 Å². The maximum Gasteiger partial charge on any atom is 0.347 e. The molecule has 1 atom stereocenters. The van der Waals surface area contributed by atoms with Crippen molar-refractivity contribution in [1.29, 1.82) is 0 Å². The summed E-state index contributed by atoms with van der Waals surface area (Å²) in [5.74, 6) is 0.798. The first-order valence-corrected chi connectivity index (χ1v) is 5.93. The van der Waals surface area contributed by atoms with E-state index >= 15 is 0 Å². The Morgan fingerprint density at radius 1 is 1.81 bits per heavy atom. The van der Waals surface area contributed by atoms with Gasteiger partial charge in [0, 0.05) is 12.9 Å². The van der Waals surface area contributed by atoms with Gasteiger partial charge in [0.15, 0.2) is 0 Å². The van der Waals surface area contributed by atoms with Crippen molar-refractivity contribution in [2.24, 2.45) is 4.99 Å². The standard InChI is InChI=1S/C11H16N2O2S/c1-8(2)10-7-16-6-9(5-15-4)13(10)11(14)12-3/h7,9H,1,3,5-6H2,2,4H3/t9-/m0/s1. The van der Waals surface area contributed by atoms with Crippen LogP contribution in [0.3, 0.4) is 0 Å². The van der Waals surface area contributed by atoms with Gasteiger partial charge in [0.2, 0.25) is 0 Å². The third kappa shape index (κ3) is 2.74. The molecule has 0 aromatic carbocycles. The topological polar surface area (TPSA) is 41.9 Å². The number of methoxy groups -OCH3 is 1. The zero-order chi connectivity index (χ0) is 12.1. The highest BCUT2D eigenvalue weighted by Gasteiger charge is 2.29. The summed E-state index contributed by atoms with van der Waals surface area (Å²) in [5.41, 5.74) is 1.64. The molecule has 0 aromatic rings. The van der Waals surface area contributed by atoms with E-state index in [1.54, 1.807) is 23.8 Å². The second kappa shape index (κ2) is 5.86. The van der Waals surface area contributed by atoms with Gasteiger partial charge in [0.05, 0.1) is 18.3 Å². The van der Waals surface area contributed by atoms with Crippen LogP contribution in [0.2, 0.25) is 0 Å². The zero-order valence-electron chi connectivity index (χ0n) is 9.60. The summed E-state index contributed by atoms with van der Waals surface area (Å²) < 4.78 is 5.11. The number of rotatable bonds is 3. The van der Waals surface area contributed by atoms with Crippen molar-refractivity contribution in [1.82, 2.24) is 4.90 Å². The smallest absolute Gasteiger partial charge is 0.347 e. The molecule has 0 saturated carbocycles. The van der Waals surface area contributed by atoms with Gasteiger partial charge in [-0.15, -0.1) is 11.8 Å². The van der Waals surface area contributed by atoms with Crippen LogP contribution in [-0.4, -0.2) is 43.2 Å². The van der Waals surface area contributed by atoms with Crippen molar-refractivity contribution in [3.05, 3.63) is 23.3 Å². The van der Waals surface area contributed by atoms with Gasteiger partial charge in [0.25, 0.3) is 0 Å². The van der Waals surface area contributed by atoms with Gasteiger partial charge < -0.3 is 4.74 Å². The first kappa shape index (κ1) is 13.0. The number of carbonyl (C=O) groups is 1. The fourth-order valence-corrected chi connectivity index (χ4v) is 2.56. The molecule has 0 aromatic heterocycles. The molecule has 0 radical (unpaired) electrons. The van der Waals surface area contributed by atoms with Crippen molar-refractivity contribution in [2.75, 3.05) is 19.5 Å². The Morgan fingerprint density at radius 3 is 3.00 bits per heavy atom. The summed E-state index contributed by atoms with van der Waals surface area (Å²) in [6.07, 6.45) is 0. The van der Waals surface area contributed by atoms with Crippen LogP contribution < -0.4 is 0 Å². The van der Waals surface area contributed by atoms with Crippen LogP contribution in [0.1, 0.15) is 6.92 Å². The van der Waals surface area contributed by atoms with E-state index in [0.717, 1.165) is 17.0 Å². The number of urea groups is 1. The minimum atomic E-state index is -0.350. The fraction of sp³-hybridized carbons (Fsp3) is 0.455. The average molecular weight is 240 g/mol. The summed E-state index contributed by atoms with van der Waals surface area (Å²) in [4.78, 5) is 16.8. The molecule has 4 nitrogen and oxygen atoms in total. The van der Waals surface area contributed by atoms with Crippen LogP contribution in [0, 0.1) is 0 Å². The van der Waals surface area contributed by atoms with Crippen LogP contribution in [-0.2, 0) is 4.74 Å². The minimum Gasteiger partial charge on any atom is -0.383 e. The lowest BCUT2D eigenvalue weighted by Gasteiger charge is -2.34. The molecule has 1 aliphatic rings. The number of hydrogen-bond acceptors (Lipinski definition) is 3. The fourth-order valence-electron chi connectivity index (χ4n) is 1.52. The maximum atomic E-state index is 11.7. The Labute approximate surface area is 100 Å². The average Bonchev–Trinajstić information content (AvgIpc) is 2.28. The highest BCUT2D eigenvalue weighted by atomic mass is 32.2. The van der Waals surface area contributed by atoms with E-state index in [2.05, 4.69) is 18.3 Å². The Kier molecular flexibility index (Phi) is 4.76. The first-order chi connectivity index (χ1) is 7.61. The molecule has 1 rings (SSSR count). The molecule has 0 spiro atoms. The summed E-state index contributed by atoms with van der Waals surface area (Å²) in [6.45, 7) is 9.49. The number of allylic oxidation sites excluding steroid dienone is 1. The van der Waals surface area contributed by atoms with Crippen LogP contribution >= 0.6 is 11.8 Å². The van der Waals surface area contributed by atoms with Crippen molar-refractivity contribution in [3.8, 4) is 0 Å². The monoisotopic (exact) mass is 240 g/mol. The molecule has 1 aliphatic heterocycles. The quantitative estimate of drug-likeness (QED) is 0.711. The van der Waals surface area contributed by atoms with E-state index in [1.165, 1.54) is 0 Å². The molecule has 0 N–H and O–H groups in total. The zero-order valence-corrected chi connectivity index (χ0v) is 10.4. The summed E-state index contributed by atoms with van der Waals surface area (Å²) in [7, 11) is 1.62. The molecule has 1 heterocycles. The van der Waals surface area contributed by atoms with Gasteiger partial charge in [0.1, 0.15) is 0 Å². The third-order valence-electron chi connectivity index (χ3n) is 2.25. The molecular weight excluding hydrogens is 224 g/mol. The van der Waals surface area contributed by atoms with E-state index in [9.17, 15) is 4.79 Å². The molecule has 0 fully saturated rings. The Balaban J connectivity index is 2.99. The van der Waals surface area contributed by atoms with Gasteiger partial charge in [-0.05, 0) is 24.6 Å². The first-order valence-electron chi connectivity index (χ1n) is 4.88. The Bertz CT molecular complexity index is 339. The predicted octanol–water partition coefficient (Wildman–Crippen LogP) is 2.29. The van der Waals surface area contributed by atoms with E-state index in [-0.39, 0.29) is 12.1 Å². The lowest BCUT2D eigenvalue weighted by Crippen LogP contribution is -2.44. The molecule has 0 unspecified atom stereocenters. The molecule has 88 valence electrons. The van der Waals surface area contributed by atoms with Crippen LogP contribution in [0.5, 0.6) is 0 Å². The summed E-state index contributed by atoms with van der Waals surface area (Å²) >= 11 is 1.65. The SMILES string of the molecule is C=NC(=O)N1C(C(=C)C)=CSC[C@@H]1COC. The number of amides is 2. The van der Waals surface area contributed by atoms with Gasteiger partial charge in [-0.2, -0.15) is 0 Å². The number of hydrogen-bond donors (Lipinski definition) is 0. The third-order valence-corrected chi connectivity index (χ3v) is 3.21. The van der Waals surface area contributed by atoms with Gasteiger partial charge in [-0.1, -0.05) is 6.58 Å².